The molecule has 3 amide bonds. The molecule has 0 bridgehead atoms. The van der Waals surface area contributed by atoms with Gasteiger partial charge in [0.1, 0.15) is 24.1 Å². The number of ether oxygens (including phenoxy) is 2. The van der Waals surface area contributed by atoms with E-state index in [-0.39, 0.29) is 43.7 Å². The molecule has 0 radical (unpaired) electrons. The van der Waals surface area contributed by atoms with Crippen molar-refractivity contribution in [3.05, 3.63) is 0 Å². The van der Waals surface area contributed by atoms with Crippen molar-refractivity contribution in [2.45, 2.75) is 83.1 Å². The zero-order valence-electron chi connectivity index (χ0n) is 21.4. The highest BCUT2D eigenvalue weighted by Gasteiger charge is 2.42. The molecule has 2 aliphatic heterocycles. The maximum absolute atomic E-state index is 13.0. The molecule has 0 aromatic carbocycles. The molecule has 0 aromatic heterocycles. The minimum atomic E-state index is -1.44. The number of hydrogen-bond donors (Lipinski definition) is 5. The van der Waals surface area contributed by atoms with Gasteiger partial charge in [0.05, 0.1) is 24.5 Å². The molecule has 2 heterocycles. The van der Waals surface area contributed by atoms with Crippen molar-refractivity contribution in [2.75, 3.05) is 33.3 Å². The molecule has 5 N–H and O–H groups in total. The lowest BCUT2D eigenvalue weighted by Gasteiger charge is -2.39. The van der Waals surface area contributed by atoms with Crippen molar-refractivity contribution in [3.8, 4) is 0 Å². The van der Waals surface area contributed by atoms with E-state index in [1.165, 1.54) is 14.0 Å². The molecular weight excluding hydrogens is 474 g/mol. The second-order valence-electron chi connectivity index (χ2n) is 9.40. The number of ketones is 1. The van der Waals surface area contributed by atoms with Crippen LogP contribution in [0.2, 0.25) is 0 Å². The van der Waals surface area contributed by atoms with E-state index in [4.69, 9.17) is 9.47 Å². The molecule has 2 fully saturated rings. The molecule has 206 valence electrons. The van der Waals surface area contributed by atoms with Crippen LogP contribution in [0.25, 0.3) is 0 Å². The zero-order chi connectivity index (χ0) is 26.8. The number of unbranched alkanes of at least 4 members (excludes halogenated alkanes) is 1. The first kappa shape index (κ1) is 30.1. The lowest BCUT2D eigenvalue weighted by molar-refractivity contribution is -0.292. The van der Waals surface area contributed by atoms with Gasteiger partial charge >= 0.3 is 0 Å². The summed E-state index contributed by atoms with van der Waals surface area (Å²) in [6, 6.07) is 0. The summed E-state index contributed by atoms with van der Waals surface area (Å²) >= 11 is 0. The van der Waals surface area contributed by atoms with Crippen molar-refractivity contribution >= 4 is 23.5 Å². The summed E-state index contributed by atoms with van der Waals surface area (Å²) in [5.74, 6) is -1.92. The van der Waals surface area contributed by atoms with E-state index in [2.05, 4.69) is 10.6 Å². The molecule has 7 unspecified atom stereocenters. The normalized spacial score (nSPS) is 30.5. The van der Waals surface area contributed by atoms with E-state index in [0.717, 1.165) is 0 Å². The summed E-state index contributed by atoms with van der Waals surface area (Å²) in [5.41, 5.74) is 0. The first-order valence-electron chi connectivity index (χ1n) is 12.7. The Kier molecular flexibility index (Phi) is 12.2. The summed E-state index contributed by atoms with van der Waals surface area (Å²) in [6.07, 6.45) is -3.18. The molecule has 0 aliphatic carbocycles. The Balaban J connectivity index is 1.86. The SMILES string of the molecule is CCC(=O)CCCCC(=O)N1CCC(C(=O)NC)C(C(=O)NCCOC2OC(C)C(O)C(O)C2O)C1. The Bertz CT molecular complexity index is 765. The van der Waals surface area contributed by atoms with Gasteiger partial charge in [0.2, 0.25) is 17.7 Å². The van der Waals surface area contributed by atoms with E-state index < -0.39 is 48.4 Å². The van der Waals surface area contributed by atoms with Crippen LogP contribution in [0.4, 0.5) is 0 Å². The molecule has 2 rings (SSSR count). The van der Waals surface area contributed by atoms with Crippen LogP contribution in [0.15, 0.2) is 0 Å². The van der Waals surface area contributed by atoms with Crippen LogP contribution in [0.5, 0.6) is 0 Å². The quantitative estimate of drug-likeness (QED) is 0.198. The number of nitrogens with zero attached hydrogens (tertiary/aromatic N) is 1. The molecule has 12 heteroatoms. The Morgan fingerprint density at radius 2 is 1.69 bits per heavy atom. The number of hydrogen-bond acceptors (Lipinski definition) is 9. The maximum Gasteiger partial charge on any atom is 0.225 e. The van der Waals surface area contributed by atoms with Crippen LogP contribution in [0.3, 0.4) is 0 Å². The second kappa shape index (κ2) is 14.6. The number of likely N-dealkylation sites (tertiary alicyclic amines) is 1. The van der Waals surface area contributed by atoms with E-state index in [0.29, 0.717) is 38.6 Å². The maximum atomic E-state index is 13.0. The van der Waals surface area contributed by atoms with Gasteiger partial charge in [-0.1, -0.05) is 6.92 Å². The molecule has 2 saturated heterocycles. The molecule has 0 saturated carbocycles. The van der Waals surface area contributed by atoms with E-state index in [1.54, 1.807) is 4.90 Å². The molecule has 0 aromatic rings. The largest absolute Gasteiger partial charge is 0.388 e. The summed E-state index contributed by atoms with van der Waals surface area (Å²) in [6.45, 7) is 3.85. The third kappa shape index (κ3) is 8.20. The first-order valence-corrected chi connectivity index (χ1v) is 12.7. The summed E-state index contributed by atoms with van der Waals surface area (Å²) in [5, 5.41) is 34.9. The lowest BCUT2D eigenvalue weighted by Crippen LogP contribution is -2.57. The minimum Gasteiger partial charge on any atom is -0.388 e. The van der Waals surface area contributed by atoms with E-state index in [1.807, 2.05) is 6.92 Å². The first-order chi connectivity index (χ1) is 17.1. The van der Waals surface area contributed by atoms with Crippen LogP contribution in [-0.2, 0) is 28.7 Å². The van der Waals surface area contributed by atoms with E-state index in [9.17, 15) is 34.5 Å². The predicted octanol–water partition coefficient (Wildman–Crippen LogP) is -1.30. The highest BCUT2D eigenvalue weighted by molar-refractivity contribution is 5.89. The molecular formula is C24H41N3O9. The van der Waals surface area contributed by atoms with Gasteiger partial charge in [-0.2, -0.15) is 0 Å². The van der Waals surface area contributed by atoms with Gasteiger partial charge in [0, 0.05) is 45.9 Å². The Hall–Kier alpha value is -2.12. The van der Waals surface area contributed by atoms with Gasteiger partial charge in [-0.15, -0.1) is 0 Å². The van der Waals surface area contributed by atoms with Gasteiger partial charge in [-0.05, 0) is 26.2 Å². The molecule has 7 atom stereocenters. The van der Waals surface area contributed by atoms with Crippen molar-refractivity contribution < 1.29 is 44.0 Å². The molecule has 12 nitrogen and oxygen atoms in total. The van der Waals surface area contributed by atoms with Crippen molar-refractivity contribution in [3.63, 3.8) is 0 Å². The number of aliphatic hydroxyl groups is 3. The fraction of sp³-hybridized carbons (Fsp3) is 0.833. The van der Waals surface area contributed by atoms with Crippen molar-refractivity contribution in [1.82, 2.24) is 15.5 Å². The van der Waals surface area contributed by atoms with Gasteiger partial charge in [0.15, 0.2) is 6.29 Å². The zero-order valence-corrected chi connectivity index (χ0v) is 21.4. The Morgan fingerprint density at radius 3 is 2.36 bits per heavy atom. The number of piperidine rings is 1. The average molecular weight is 516 g/mol. The Labute approximate surface area is 211 Å². The van der Waals surface area contributed by atoms with Gasteiger partial charge < -0.3 is 40.3 Å². The monoisotopic (exact) mass is 515 g/mol. The smallest absolute Gasteiger partial charge is 0.225 e. The lowest BCUT2D eigenvalue weighted by atomic mass is 9.83. The van der Waals surface area contributed by atoms with Crippen molar-refractivity contribution in [1.29, 1.82) is 0 Å². The number of nitrogens with one attached hydrogen (secondary N) is 2. The number of carbonyl (C=O) groups excluding carboxylic acids is 4. The van der Waals surface area contributed by atoms with Crippen LogP contribution in [0, 0.1) is 11.8 Å². The van der Waals surface area contributed by atoms with Crippen LogP contribution < -0.4 is 10.6 Å². The van der Waals surface area contributed by atoms with Gasteiger partial charge in [0.25, 0.3) is 0 Å². The minimum absolute atomic E-state index is 0.0422. The van der Waals surface area contributed by atoms with Crippen molar-refractivity contribution in [2.24, 2.45) is 11.8 Å². The van der Waals surface area contributed by atoms with Crippen LogP contribution in [-0.4, -0.2) is 108 Å². The highest BCUT2D eigenvalue weighted by Crippen LogP contribution is 2.25. The Morgan fingerprint density at radius 1 is 1.00 bits per heavy atom. The summed E-state index contributed by atoms with van der Waals surface area (Å²) in [7, 11) is 1.50. The van der Waals surface area contributed by atoms with Crippen LogP contribution >= 0.6 is 0 Å². The number of aliphatic hydroxyl groups excluding tert-OH is 3. The number of rotatable bonds is 12. The third-order valence-electron chi connectivity index (χ3n) is 6.87. The second-order valence-corrected chi connectivity index (χ2v) is 9.40. The topological polar surface area (TPSA) is 175 Å². The third-order valence-corrected chi connectivity index (χ3v) is 6.87. The van der Waals surface area contributed by atoms with Gasteiger partial charge in [-0.3, -0.25) is 19.2 Å². The number of Topliss-reactive ketones (excluding diaryl/α,β-unsaturated/α-hetero) is 1. The highest BCUT2D eigenvalue weighted by atomic mass is 16.7. The molecule has 36 heavy (non-hydrogen) atoms. The number of amides is 3. The van der Waals surface area contributed by atoms with Crippen LogP contribution in [0.1, 0.15) is 52.4 Å². The molecule has 2 aliphatic rings. The average Bonchev–Trinajstić information content (AvgIpc) is 2.89. The predicted molar refractivity (Wildman–Crippen MR) is 127 cm³/mol. The summed E-state index contributed by atoms with van der Waals surface area (Å²) < 4.78 is 10.8. The fourth-order valence-electron chi connectivity index (χ4n) is 4.51. The summed E-state index contributed by atoms with van der Waals surface area (Å²) in [4.78, 5) is 51.0. The number of carbonyl (C=O) groups is 4. The molecule has 0 spiro atoms. The van der Waals surface area contributed by atoms with Gasteiger partial charge in [-0.25, -0.2) is 0 Å². The van der Waals surface area contributed by atoms with E-state index >= 15 is 0 Å². The standard InChI is InChI=1S/C24H41N3O9/c1-4-15(28)7-5-6-8-18(29)27-11-9-16(22(33)25-3)17(13-27)23(34)26-10-12-35-24-21(32)20(31)19(30)14(2)36-24/h14,16-17,19-21,24,30-32H,4-13H2,1-3H3,(H,25,33)(H,26,34). The fourth-order valence-corrected chi connectivity index (χ4v) is 4.51.